The normalized spacial score (nSPS) is 24.3. The summed E-state index contributed by atoms with van der Waals surface area (Å²) in [6.07, 6.45) is 0.0339. The van der Waals surface area contributed by atoms with Gasteiger partial charge in [-0.1, -0.05) is 30.3 Å². The van der Waals surface area contributed by atoms with Gasteiger partial charge in [0.2, 0.25) is 5.91 Å². The number of hydrogen-bond donors (Lipinski definition) is 1. The van der Waals surface area contributed by atoms with Crippen LogP contribution in [0.3, 0.4) is 0 Å². The van der Waals surface area contributed by atoms with Gasteiger partial charge in [-0.15, -0.1) is 0 Å². The van der Waals surface area contributed by atoms with Crippen LogP contribution in [-0.2, 0) is 30.5 Å². The fraction of sp³-hybridized carbons (Fsp3) is 0.400. The van der Waals surface area contributed by atoms with Crippen LogP contribution in [0.5, 0.6) is 0 Å². The fourth-order valence-corrected chi connectivity index (χ4v) is 2.21. The Bertz CT molecular complexity index is 556. The second-order valence-electron chi connectivity index (χ2n) is 5.15. The van der Waals surface area contributed by atoms with Gasteiger partial charge in [0.15, 0.2) is 0 Å². The summed E-state index contributed by atoms with van der Waals surface area (Å²) in [5, 5.41) is 2.46. The lowest BCUT2D eigenvalue weighted by Gasteiger charge is -2.18. The number of carbonyl (C=O) groups excluding carboxylic acids is 3. The summed E-state index contributed by atoms with van der Waals surface area (Å²) in [4.78, 5) is 35.6. The highest BCUT2D eigenvalue weighted by atomic mass is 16.5. The van der Waals surface area contributed by atoms with Crippen molar-refractivity contribution in [1.29, 1.82) is 0 Å². The summed E-state index contributed by atoms with van der Waals surface area (Å²) in [7, 11) is 1.23. The molecule has 0 unspecified atom stereocenters. The molecular formula is C15H17NO5. The molecule has 1 aliphatic rings. The molecule has 1 N–H and O–H groups in total. The van der Waals surface area contributed by atoms with Gasteiger partial charge in [0, 0.05) is 6.42 Å². The van der Waals surface area contributed by atoms with Gasteiger partial charge in [0.05, 0.1) is 7.11 Å². The SMILES string of the molecule is COC(=O)[C@@H]1C[C@](C)(C(=O)OCc2ccccc2)C(=O)N1. The molecule has 1 aromatic rings. The predicted octanol–water partition coefficient (Wildman–Crippen LogP) is 0.798. The van der Waals surface area contributed by atoms with Gasteiger partial charge in [-0.2, -0.15) is 0 Å². The van der Waals surface area contributed by atoms with Crippen LogP contribution < -0.4 is 5.32 Å². The molecule has 2 rings (SSSR count). The van der Waals surface area contributed by atoms with Gasteiger partial charge in [-0.05, 0) is 12.5 Å². The van der Waals surface area contributed by atoms with E-state index < -0.39 is 29.3 Å². The van der Waals surface area contributed by atoms with Crippen molar-refractivity contribution in [2.75, 3.05) is 7.11 Å². The van der Waals surface area contributed by atoms with Crippen LogP contribution in [0.1, 0.15) is 18.9 Å². The van der Waals surface area contributed by atoms with E-state index >= 15 is 0 Å². The Morgan fingerprint density at radius 2 is 2.00 bits per heavy atom. The third kappa shape index (κ3) is 3.04. The Morgan fingerprint density at radius 3 is 2.62 bits per heavy atom. The first-order valence-electron chi connectivity index (χ1n) is 6.57. The van der Waals surface area contributed by atoms with E-state index in [1.165, 1.54) is 14.0 Å². The number of rotatable bonds is 4. The van der Waals surface area contributed by atoms with Crippen molar-refractivity contribution in [3.05, 3.63) is 35.9 Å². The molecule has 6 nitrogen and oxygen atoms in total. The largest absolute Gasteiger partial charge is 0.467 e. The molecule has 1 fully saturated rings. The molecular weight excluding hydrogens is 274 g/mol. The molecule has 1 aromatic carbocycles. The van der Waals surface area contributed by atoms with Gasteiger partial charge in [-0.3, -0.25) is 9.59 Å². The van der Waals surface area contributed by atoms with Crippen LogP contribution in [0.4, 0.5) is 0 Å². The number of benzene rings is 1. The second-order valence-corrected chi connectivity index (χ2v) is 5.15. The molecule has 1 aliphatic heterocycles. The minimum atomic E-state index is -1.37. The van der Waals surface area contributed by atoms with Crippen LogP contribution >= 0.6 is 0 Å². The van der Waals surface area contributed by atoms with Gasteiger partial charge in [0.1, 0.15) is 18.1 Å². The maximum atomic E-state index is 12.2. The van der Waals surface area contributed by atoms with Crippen LogP contribution in [0.15, 0.2) is 30.3 Å². The van der Waals surface area contributed by atoms with E-state index in [0.717, 1.165) is 5.56 Å². The Morgan fingerprint density at radius 1 is 1.33 bits per heavy atom. The highest BCUT2D eigenvalue weighted by molar-refractivity contribution is 6.06. The molecule has 1 heterocycles. The number of esters is 2. The van der Waals surface area contributed by atoms with Crippen LogP contribution in [0.2, 0.25) is 0 Å². The lowest BCUT2D eigenvalue weighted by atomic mass is 9.87. The maximum Gasteiger partial charge on any atom is 0.328 e. The minimum absolute atomic E-state index is 0.0339. The molecule has 0 aromatic heterocycles. The second kappa shape index (κ2) is 5.95. The molecule has 0 radical (unpaired) electrons. The Kier molecular flexibility index (Phi) is 4.26. The highest BCUT2D eigenvalue weighted by Crippen LogP contribution is 2.32. The van der Waals surface area contributed by atoms with Crippen molar-refractivity contribution in [3.63, 3.8) is 0 Å². The quantitative estimate of drug-likeness (QED) is 0.655. The van der Waals surface area contributed by atoms with E-state index in [0.29, 0.717) is 0 Å². The third-order valence-corrected chi connectivity index (χ3v) is 3.57. The van der Waals surface area contributed by atoms with E-state index in [-0.39, 0.29) is 13.0 Å². The number of hydrogen-bond acceptors (Lipinski definition) is 5. The van der Waals surface area contributed by atoms with Gasteiger partial charge in [-0.25, -0.2) is 4.79 Å². The molecule has 6 heteroatoms. The van der Waals surface area contributed by atoms with Crippen LogP contribution in [-0.4, -0.2) is 31.0 Å². The van der Waals surface area contributed by atoms with E-state index in [1.54, 1.807) is 0 Å². The molecule has 0 aliphatic carbocycles. The first-order chi connectivity index (χ1) is 9.97. The Labute approximate surface area is 122 Å². The third-order valence-electron chi connectivity index (χ3n) is 3.57. The van der Waals surface area contributed by atoms with Gasteiger partial charge < -0.3 is 14.8 Å². The van der Waals surface area contributed by atoms with E-state index in [1.807, 2.05) is 30.3 Å². The number of nitrogens with one attached hydrogen (secondary N) is 1. The molecule has 0 spiro atoms. The number of ether oxygens (including phenoxy) is 2. The highest BCUT2D eigenvalue weighted by Gasteiger charge is 2.52. The first kappa shape index (κ1) is 15.0. The molecule has 1 amide bonds. The zero-order chi connectivity index (χ0) is 15.5. The molecule has 112 valence electrons. The van der Waals surface area contributed by atoms with Gasteiger partial charge >= 0.3 is 11.9 Å². The lowest BCUT2D eigenvalue weighted by molar-refractivity contribution is -0.159. The van der Waals surface area contributed by atoms with E-state index in [4.69, 9.17) is 4.74 Å². The van der Waals surface area contributed by atoms with Crippen LogP contribution in [0, 0.1) is 5.41 Å². The average molecular weight is 291 g/mol. The number of amides is 1. The van der Waals surface area contributed by atoms with E-state index in [2.05, 4.69) is 10.1 Å². The molecule has 21 heavy (non-hydrogen) atoms. The summed E-state index contributed by atoms with van der Waals surface area (Å²) in [6, 6.07) is 8.36. The smallest absolute Gasteiger partial charge is 0.328 e. The van der Waals surface area contributed by atoms with Crippen molar-refractivity contribution in [1.82, 2.24) is 5.32 Å². The lowest BCUT2D eigenvalue weighted by Crippen LogP contribution is -2.38. The van der Waals surface area contributed by atoms with Crippen molar-refractivity contribution in [2.45, 2.75) is 26.0 Å². The fourth-order valence-electron chi connectivity index (χ4n) is 2.21. The number of carbonyl (C=O) groups is 3. The minimum Gasteiger partial charge on any atom is -0.467 e. The van der Waals surface area contributed by atoms with Crippen molar-refractivity contribution >= 4 is 17.8 Å². The summed E-state index contributed by atoms with van der Waals surface area (Å²) < 4.78 is 9.77. The summed E-state index contributed by atoms with van der Waals surface area (Å²) >= 11 is 0. The van der Waals surface area contributed by atoms with Crippen LogP contribution in [0.25, 0.3) is 0 Å². The summed E-state index contributed by atoms with van der Waals surface area (Å²) in [5.74, 6) is -1.73. The molecule has 0 saturated carbocycles. The average Bonchev–Trinajstić information content (AvgIpc) is 2.82. The summed E-state index contributed by atoms with van der Waals surface area (Å²) in [5.41, 5.74) is -0.537. The standard InChI is InChI=1S/C15H17NO5/c1-15(8-11(12(17)20-2)16-13(15)18)14(19)21-9-10-6-4-3-5-7-10/h3-7,11H,8-9H2,1-2H3,(H,16,18)/t11-,15-/m0/s1. The monoisotopic (exact) mass is 291 g/mol. The number of methoxy groups -OCH3 is 1. The predicted molar refractivity (Wildman–Crippen MR) is 72.9 cm³/mol. The van der Waals surface area contributed by atoms with Crippen molar-refractivity contribution in [2.24, 2.45) is 5.41 Å². The van der Waals surface area contributed by atoms with E-state index in [9.17, 15) is 14.4 Å². The van der Waals surface area contributed by atoms with Crippen molar-refractivity contribution in [3.8, 4) is 0 Å². The molecule has 1 saturated heterocycles. The topological polar surface area (TPSA) is 81.7 Å². The zero-order valence-electron chi connectivity index (χ0n) is 11.9. The Hall–Kier alpha value is -2.37. The van der Waals surface area contributed by atoms with Gasteiger partial charge in [0.25, 0.3) is 0 Å². The molecule has 0 bridgehead atoms. The molecule has 2 atom stereocenters. The maximum absolute atomic E-state index is 12.2. The zero-order valence-corrected chi connectivity index (χ0v) is 11.9. The Balaban J connectivity index is 2.01. The van der Waals surface area contributed by atoms with Crippen molar-refractivity contribution < 1.29 is 23.9 Å². The summed E-state index contributed by atoms with van der Waals surface area (Å²) in [6.45, 7) is 1.56. The first-order valence-corrected chi connectivity index (χ1v) is 6.57.